The Labute approximate surface area is 215 Å². The number of methoxy groups -OCH3 is 1. The molecule has 1 atom stereocenters. The van der Waals surface area contributed by atoms with Crippen LogP contribution in [0.1, 0.15) is 19.7 Å². The summed E-state index contributed by atoms with van der Waals surface area (Å²) in [5.74, 6) is 0.946. The molecule has 2 heterocycles. The van der Waals surface area contributed by atoms with Crippen LogP contribution in [0.3, 0.4) is 0 Å². The van der Waals surface area contributed by atoms with Gasteiger partial charge in [0, 0.05) is 42.3 Å². The maximum Gasteiger partial charge on any atom is 0.328 e. The van der Waals surface area contributed by atoms with E-state index in [2.05, 4.69) is 15.5 Å². The smallest absolute Gasteiger partial charge is 0.328 e. The first-order valence-electron chi connectivity index (χ1n) is 12.0. The second-order valence-electron chi connectivity index (χ2n) is 9.10. The van der Waals surface area contributed by atoms with Crippen molar-refractivity contribution < 1.29 is 14.3 Å². The Hall–Kier alpha value is -3.43. The van der Waals surface area contributed by atoms with Gasteiger partial charge in [-0.2, -0.15) is 0 Å². The Bertz CT molecular complexity index is 1230. The summed E-state index contributed by atoms with van der Waals surface area (Å²) in [7, 11) is 1.39. The van der Waals surface area contributed by atoms with Crippen LogP contribution in [-0.4, -0.2) is 71.1 Å². The second kappa shape index (κ2) is 11.5. The van der Waals surface area contributed by atoms with Crippen LogP contribution in [0, 0.1) is 5.92 Å². The van der Waals surface area contributed by atoms with Gasteiger partial charge in [0.25, 0.3) is 0 Å². The molecule has 1 aromatic heterocycles. The Morgan fingerprint density at radius 1 is 1.06 bits per heavy atom. The van der Waals surface area contributed by atoms with E-state index >= 15 is 0 Å². The number of aromatic nitrogens is 2. The molecule has 0 spiro atoms. The molecule has 190 valence electrons. The average Bonchev–Trinajstić information content (AvgIpc) is 2.87. The first-order valence-corrected chi connectivity index (χ1v) is 12.4. The van der Waals surface area contributed by atoms with E-state index in [1.54, 1.807) is 23.1 Å². The summed E-state index contributed by atoms with van der Waals surface area (Å²) < 4.78 is 4.99. The van der Waals surface area contributed by atoms with E-state index < -0.39 is 6.04 Å². The van der Waals surface area contributed by atoms with Gasteiger partial charge in [-0.15, -0.1) is 0 Å². The van der Waals surface area contributed by atoms with E-state index in [0.29, 0.717) is 55.1 Å². The number of urea groups is 1. The molecule has 0 unspecified atom stereocenters. The lowest BCUT2D eigenvalue weighted by Gasteiger charge is -2.34. The highest BCUT2D eigenvalue weighted by molar-refractivity contribution is 6.30. The normalized spacial score (nSPS) is 15.1. The summed E-state index contributed by atoms with van der Waals surface area (Å²) in [4.78, 5) is 38.5. The van der Waals surface area contributed by atoms with Crippen LogP contribution >= 0.6 is 11.6 Å². The lowest BCUT2D eigenvalue weighted by molar-refractivity contribution is -0.142. The number of nitrogens with one attached hydrogen (secondary N) is 2. The van der Waals surface area contributed by atoms with E-state index in [4.69, 9.17) is 26.3 Å². The van der Waals surface area contributed by atoms with Crippen molar-refractivity contribution in [2.75, 3.05) is 43.9 Å². The van der Waals surface area contributed by atoms with E-state index in [1.807, 2.05) is 44.2 Å². The molecule has 0 aliphatic carbocycles. The van der Waals surface area contributed by atoms with Crippen LogP contribution in [0.4, 0.5) is 16.3 Å². The largest absolute Gasteiger partial charge is 0.467 e. The number of amides is 2. The van der Waals surface area contributed by atoms with E-state index in [1.165, 1.54) is 7.11 Å². The van der Waals surface area contributed by atoms with Gasteiger partial charge in [-0.25, -0.2) is 19.6 Å². The monoisotopic (exact) mass is 510 g/mol. The second-order valence-corrected chi connectivity index (χ2v) is 9.53. The predicted octanol–water partition coefficient (Wildman–Crippen LogP) is 4.24. The molecule has 0 saturated carbocycles. The molecule has 0 bridgehead atoms. The number of carbonyl (C=O) groups is 2. The lowest BCUT2D eigenvalue weighted by Crippen LogP contribution is -2.49. The molecular weight excluding hydrogens is 480 g/mol. The van der Waals surface area contributed by atoms with Gasteiger partial charge in [0.15, 0.2) is 0 Å². The van der Waals surface area contributed by atoms with Gasteiger partial charge in [0.2, 0.25) is 0 Å². The third-order valence-corrected chi connectivity index (χ3v) is 6.40. The van der Waals surface area contributed by atoms with E-state index in [-0.39, 0.29) is 17.9 Å². The summed E-state index contributed by atoms with van der Waals surface area (Å²) in [6.45, 7) is 7.01. The minimum Gasteiger partial charge on any atom is -0.467 e. The van der Waals surface area contributed by atoms with Crippen molar-refractivity contribution in [3.63, 3.8) is 0 Å². The average molecular weight is 511 g/mol. The highest BCUT2D eigenvalue weighted by Crippen LogP contribution is 2.23. The zero-order valence-corrected chi connectivity index (χ0v) is 21.5. The van der Waals surface area contributed by atoms with Crippen LogP contribution in [0.2, 0.25) is 5.02 Å². The fourth-order valence-electron chi connectivity index (χ4n) is 4.16. The maximum atomic E-state index is 12.7. The molecule has 1 saturated heterocycles. The molecule has 0 radical (unpaired) electrons. The third kappa shape index (κ3) is 6.22. The summed E-state index contributed by atoms with van der Waals surface area (Å²) in [6, 6.07) is 14.2. The Kier molecular flexibility index (Phi) is 8.22. The minimum atomic E-state index is -0.525. The Morgan fingerprint density at radius 3 is 2.50 bits per heavy atom. The number of hydrogen-bond acceptors (Lipinski definition) is 7. The number of esters is 1. The zero-order chi connectivity index (χ0) is 25.7. The fourth-order valence-corrected chi connectivity index (χ4v) is 4.35. The number of piperazine rings is 1. The molecule has 36 heavy (non-hydrogen) atoms. The summed E-state index contributed by atoms with van der Waals surface area (Å²) in [5, 5.41) is 7.61. The number of rotatable bonds is 7. The number of benzene rings is 2. The molecule has 1 aliphatic heterocycles. The summed E-state index contributed by atoms with van der Waals surface area (Å²) in [6.07, 6.45) is 0. The number of ether oxygens (including phenoxy) is 1. The van der Waals surface area contributed by atoms with Gasteiger partial charge < -0.3 is 20.3 Å². The first-order chi connectivity index (χ1) is 17.3. The highest BCUT2D eigenvalue weighted by Gasteiger charge is 2.25. The fraction of sp³-hybridized carbons (Fsp3) is 0.385. The van der Waals surface area contributed by atoms with Crippen molar-refractivity contribution in [1.29, 1.82) is 0 Å². The number of hydrogen-bond donors (Lipinski definition) is 2. The summed E-state index contributed by atoms with van der Waals surface area (Å²) in [5.41, 5.74) is 1.48. The van der Waals surface area contributed by atoms with E-state index in [0.717, 1.165) is 10.9 Å². The predicted molar refractivity (Wildman–Crippen MR) is 141 cm³/mol. The van der Waals surface area contributed by atoms with Crippen molar-refractivity contribution in [3.05, 3.63) is 59.4 Å². The van der Waals surface area contributed by atoms with Gasteiger partial charge in [-0.05, 0) is 36.2 Å². The standard InChI is InChI=1S/C26H31ClN6O3/c1-17(2)23(25(34)36-3)31-24-20-9-4-5-10-21(20)29-22(30-24)16-32-11-13-33(14-12-32)26(35)28-19-8-6-7-18(27)15-19/h4-10,15,17,23H,11-14,16H2,1-3H3,(H,28,35)(H,29,30,31)/t23-/m0/s1. The molecule has 3 aromatic rings. The molecule has 2 N–H and O–H groups in total. The van der Waals surface area contributed by atoms with Crippen molar-refractivity contribution >= 4 is 46.0 Å². The highest BCUT2D eigenvalue weighted by atomic mass is 35.5. The van der Waals surface area contributed by atoms with Crippen LogP contribution in [0.25, 0.3) is 10.9 Å². The minimum absolute atomic E-state index is 0.0146. The molecule has 1 aliphatic rings. The first kappa shape index (κ1) is 25.7. The summed E-state index contributed by atoms with van der Waals surface area (Å²) >= 11 is 6.01. The van der Waals surface area contributed by atoms with Crippen LogP contribution < -0.4 is 10.6 Å². The number of carbonyl (C=O) groups excluding carboxylic acids is 2. The topological polar surface area (TPSA) is 99.7 Å². The molecule has 2 aromatic carbocycles. The van der Waals surface area contributed by atoms with Gasteiger partial charge in [-0.1, -0.05) is 43.6 Å². The van der Waals surface area contributed by atoms with Gasteiger partial charge >= 0.3 is 12.0 Å². The van der Waals surface area contributed by atoms with Crippen molar-refractivity contribution in [3.8, 4) is 0 Å². The Balaban J connectivity index is 1.43. The van der Waals surface area contributed by atoms with E-state index in [9.17, 15) is 9.59 Å². The molecule has 10 heteroatoms. The molecule has 4 rings (SSSR count). The van der Waals surface area contributed by atoms with Gasteiger partial charge in [-0.3, -0.25) is 4.90 Å². The number of halogens is 1. The molecule has 9 nitrogen and oxygen atoms in total. The van der Waals surface area contributed by atoms with Crippen molar-refractivity contribution in [2.45, 2.75) is 26.4 Å². The number of anilines is 2. The maximum absolute atomic E-state index is 12.7. The molecule has 1 fully saturated rings. The van der Waals surface area contributed by atoms with Crippen molar-refractivity contribution in [1.82, 2.24) is 19.8 Å². The van der Waals surface area contributed by atoms with Crippen molar-refractivity contribution in [2.24, 2.45) is 5.92 Å². The molecule has 2 amide bonds. The lowest BCUT2D eigenvalue weighted by atomic mass is 10.0. The van der Waals surface area contributed by atoms with Gasteiger partial charge in [0.05, 0.1) is 19.2 Å². The SMILES string of the molecule is COC(=O)[C@@H](Nc1nc(CN2CCN(C(=O)Nc3cccc(Cl)c3)CC2)nc2ccccc12)C(C)C. The van der Waals surface area contributed by atoms with Crippen LogP contribution in [0.5, 0.6) is 0 Å². The Morgan fingerprint density at radius 2 is 1.81 bits per heavy atom. The van der Waals surface area contributed by atoms with Crippen LogP contribution in [-0.2, 0) is 16.1 Å². The number of fused-ring (bicyclic) bond motifs is 1. The quantitative estimate of drug-likeness (QED) is 0.458. The van der Waals surface area contributed by atoms with Crippen LogP contribution in [0.15, 0.2) is 48.5 Å². The number of para-hydroxylation sites is 1. The van der Waals surface area contributed by atoms with Gasteiger partial charge in [0.1, 0.15) is 17.7 Å². The third-order valence-electron chi connectivity index (χ3n) is 6.16. The zero-order valence-electron chi connectivity index (χ0n) is 20.7. The molecular formula is C26H31ClN6O3. The number of nitrogens with zero attached hydrogens (tertiary/aromatic N) is 4.